The Morgan fingerprint density at radius 3 is 2.82 bits per heavy atom. The van der Waals surface area contributed by atoms with Crippen molar-refractivity contribution in [3.05, 3.63) is 34.7 Å². The standard InChI is InChI=1S/C12H14N4O/c17-11-2-1-9-10(3-4-14-12(9)15-11)16-7-5-13-6-8-16/h1-4,13H,5-8H2,(H,14,15,17). The van der Waals surface area contributed by atoms with Crippen molar-refractivity contribution >= 4 is 16.7 Å². The summed E-state index contributed by atoms with van der Waals surface area (Å²) in [6, 6.07) is 5.40. The van der Waals surface area contributed by atoms with Gasteiger partial charge in [-0.3, -0.25) is 4.79 Å². The molecule has 1 saturated heterocycles. The molecular formula is C12H14N4O. The molecule has 5 heteroatoms. The summed E-state index contributed by atoms with van der Waals surface area (Å²) in [6.45, 7) is 3.96. The van der Waals surface area contributed by atoms with Crippen LogP contribution in [-0.2, 0) is 0 Å². The second-order valence-electron chi connectivity index (χ2n) is 4.15. The van der Waals surface area contributed by atoms with Crippen LogP contribution in [0.4, 0.5) is 5.69 Å². The van der Waals surface area contributed by atoms with Crippen LogP contribution in [0.3, 0.4) is 0 Å². The lowest BCUT2D eigenvalue weighted by atomic mass is 10.2. The van der Waals surface area contributed by atoms with E-state index in [1.54, 1.807) is 12.3 Å². The first-order chi connectivity index (χ1) is 8.34. The molecule has 0 aromatic carbocycles. The summed E-state index contributed by atoms with van der Waals surface area (Å²) >= 11 is 0. The van der Waals surface area contributed by atoms with E-state index in [1.165, 1.54) is 0 Å². The molecule has 5 nitrogen and oxygen atoms in total. The van der Waals surface area contributed by atoms with Gasteiger partial charge < -0.3 is 15.2 Å². The monoisotopic (exact) mass is 230 g/mol. The first-order valence-electron chi connectivity index (χ1n) is 5.78. The molecule has 0 radical (unpaired) electrons. The molecule has 17 heavy (non-hydrogen) atoms. The fourth-order valence-corrected chi connectivity index (χ4v) is 2.23. The van der Waals surface area contributed by atoms with Crippen LogP contribution in [-0.4, -0.2) is 36.1 Å². The Hall–Kier alpha value is -1.88. The summed E-state index contributed by atoms with van der Waals surface area (Å²) in [5, 5.41) is 4.33. The molecule has 2 N–H and O–H groups in total. The number of aromatic nitrogens is 2. The van der Waals surface area contributed by atoms with E-state index in [0.29, 0.717) is 5.65 Å². The first-order valence-corrected chi connectivity index (χ1v) is 5.78. The highest BCUT2D eigenvalue weighted by Gasteiger charge is 2.13. The number of fused-ring (bicyclic) bond motifs is 1. The number of pyridine rings is 2. The summed E-state index contributed by atoms with van der Waals surface area (Å²) in [5.74, 6) is 0. The summed E-state index contributed by atoms with van der Waals surface area (Å²) in [5.41, 5.74) is 1.70. The van der Waals surface area contributed by atoms with Gasteiger partial charge in [0, 0.05) is 49.5 Å². The average Bonchev–Trinajstić information content (AvgIpc) is 2.39. The Kier molecular flexibility index (Phi) is 2.53. The predicted molar refractivity (Wildman–Crippen MR) is 67.4 cm³/mol. The van der Waals surface area contributed by atoms with Gasteiger partial charge in [-0.2, -0.15) is 0 Å². The average molecular weight is 230 g/mol. The van der Waals surface area contributed by atoms with E-state index in [0.717, 1.165) is 37.3 Å². The molecule has 0 unspecified atom stereocenters. The maximum Gasteiger partial charge on any atom is 0.249 e. The largest absolute Gasteiger partial charge is 0.368 e. The van der Waals surface area contributed by atoms with E-state index in [2.05, 4.69) is 20.2 Å². The smallest absolute Gasteiger partial charge is 0.249 e. The number of rotatable bonds is 1. The van der Waals surface area contributed by atoms with Crippen LogP contribution >= 0.6 is 0 Å². The van der Waals surface area contributed by atoms with Gasteiger partial charge in [-0.15, -0.1) is 0 Å². The van der Waals surface area contributed by atoms with Gasteiger partial charge >= 0.3 is 0 Å². The van der Waals surface area contributed by atoms with Crippen LogP contribution < -0.4 is 15.8 Å². The lowest BCUT2D eigenvalue weighted by Gasteiger charge is -2.30. The van der Waals surface area contributed by atoms with E-state index in [9.17, 15) is 4.79 Å². The minimum Gasteiger partial charge on any atom is -0.368 e. The zero-order valence-corrected chi connectivity index (χ0v) is 9.44. The van der Waals surface area contributed by atoms with Gasteiger partial charge in [0.05, 0.1) is 0 Å². The molecule has 0 saturated carbocycles. The van der Waals surface area contributed by atoms with Gasteiger partial charge in [-0.1, -0.05) is 0 Å². The Labute approximate surface area is 98.5 Å². The molecule has 0 amide bonds. The summed E-state index contributed by atoms with van der Waals surface area (Å²) < 4.78 is 0. The van der Waals surface area contributed by atoms with Crippen LogP contribution in [0, 0.1) is 0 Å². The van der Waals surface area contributed by atoms with Crippen molar-refractivity contribution in [3.63, 3.8) is 0 Å². The third-order valence-corrected chi connectivity index (χ3v) is 3.07. The molecule has 3 rings (SSSR count). The molecule has 3 heterocycles. The molecule has 0 bridgehead atoms. The molecule has 1 fully saturated rings. The number of piperazine rings is 1. The minimum atomic E-state index is -0.109. The molecule has 0 spiro atoms. The van der Waals surface area contributed by atoms with Crippen LogP contribution in [0.5, 0.6) is 0 Å². The highest BCUT2D eigenvalue weighted by atomic mass is 16.1. The van der Waals surface area contributed by atoms with Crippen molar-refractivity contribution in [2.75, 3.05) is 31.1 Å². The third-order valence-electron chi connectivity index (χ3n) is 3.07. The highest BCUT2D eigenvalue weighted by molar-refractivity contribution is 5.89. The number of nitrogens with zero attached hydrogens (tertiary/aromatic N) is 2. The lowest BCUT2D eigenvalue weighted by Crippen LogP contribution is -2.43. The summed E-state index contributed by atoms with van der Waals surface area (Å²) in [4.78, 5) is 20.5. The Morgan fingerprint density at radius 2 is 2.00 bits per heavy atom. The van der Waals surface area contributed by atoms with Crippen molar-refractivity contribution in [2.24, 2.45) is 0 Å². The van der Waals surface area contributed by atoms with Crippen molar-refractivity contribution in [1.82, 2.24) is 15.3 Å². The Bertz CT molecular complexity index is 586. The number of hydrogen-bond donors (Lipinski definition) is 2. The zero-order valence-electron chi connectivity index (χ0n) is 9.44. The van der Waals surface area contributed by atoms with Gasteiger partial charge in [-0.25, -0.2) is 4.98 Å². The molecule has 1 aliphatic rings. The normalized spacial score (nSPS) is 16.4. The van der Waals surface area contributed by atoms with Gasteiger partial charge in [0.25, 0.3) is 0 Å². The number of H-pyrrole nitrogens is 1. The fourth-order valence-electron chi connectivity index (χ4n) is 2.23. The number of hydrogen-bond acceptors (Lipinski definition) is 4. The Morgan fingerprint density at radius 1 is 1.18 bits per heavy atom. The van der Waals surface area contributed by atoms with Gasteiger partial charge in [0.2, 0.25) is 5.56 Å². The van der Waals surface area contributed by atoms with Gasteiger partial charge in [-0.05, 0) is 12.1 Å². The first kappa shape index (κ1) is 10.3. The van der Waals surface area contributed by atoms with Crippen LogP contribution in [0.2, 0.25) is 0 Å². The lowest BCUT2D eigenvalue weighted by molar-refractivity contribution is 0.590. The van der Waals surface area contributed by atoms with Gasteiger partial charge in [0.1, 0.15) is 5.65 Å². The quantitative estimate of drug-likeness (QED) is 0.741. The highest BCUT2D eigenvalue weighted by Crippen LogP contribution is 2.23. The SMILES string of the molecule is O=c1ccc2c(N3CCNCC3)ccnc2[nH]1. The predicted octanol–water partition coefficient (Wildman–Crippen LogP) is 0.333. The van der Waals surface area contributed by atoms with E-state index in [1.807, 2.05) is 12.1 Å². The Balaban J connectivity index is 2.12. The van der Waals surface area contributed by atoms with Crippen molar-refractivity contribution in [2.45, 2.75) is 0 Å². The van der Waals surface area contributed by atoms with Crippen LogP contribution in [0.1, 0.15) is 0 Å². The number of anilines is 1. The van der Waals surface area contributed by atoms with E-state index < -0.39 is 0 Å². The topological polar surface area (TPSA) is 61.0 Å². The molecule has 0 aliphatic carbocycles. The van der Waals surface area contributed by atoms with Gasteiger partial charge in [0.15, 0.2) is 0 Å². The molecule has 2 aromatic rings. The number of aromatic amines is 1. The summed E-state index contributed by atoms with van der Waals surface area (Å²) in [6.07, 6.45) is 1.75. The second-order valence-corrected chi connectivity index (χ2v) is 4.15. The van der Waals surface area contributed by atoms with Crippen LogP contribution in [0.25, 0.3) is 11.0 Å². The summed E-state index contributed by atoms with van der Waals surface area (Å²) in [7, 11) is 0. The van der Waals surface area contributed by atoms with Crippen LogP contribution in [0.15, 0.2) is 29.2 Å². The molecule has 88 valence electrons. The van der Waals surface area contributed by atoms with Crippen molar-refractivity contribution < 1.29 is 0 Å². The fraction of sp³-hybridized carbons (Fsp3) is 0.333. The molecule has 0 atom stereocenters. The minimum absolute atomic E-state index is 0.109. The number of nitrogens with one attached hydrogen (secondary N) is 2. The van der Waals surface area contributed by atoms with E-state index in [4.69, 9.17) is 0 Å². The zero-order chi connectivity index (χ0) is 11.7. The van der Waals surface area contributed by atoms with E-state index >= 15 is 0 Å². The van der Waals surface area contributed by atoms with E-state index in [-0.39, 0.29) is 5.56 Å². The third kappa shape index (κ3) is 1.89. The maximum absolute atomic E-state index is 11.3. The van der Waals surface area contributed by atoms with Crippen molar-refractivity contribution in [1.29, 1.82) is 0 Å². The molecule has 1 aliphatic heterocycles. The van der Waals surface area contributed by atoms with Crippen molar-refractivity contribution in [3.8, 4) is 0 Å². The molecule has 2 aromatic heterocycles. The maximum atomic E-state index is 11.3. The molecular weight excluding hydrogens is 216 g/mol. The second kappa shape index (κ2) is 4.18.